The molecule has 0 fully saturated rings. The van der Waals surface area contributed by atoms with Crippen LogP contribution in [-0.2, 0) is 0 Å². The van der Waals surface area contributed by atoms with E-state index in [9.17, 15) is 0 Å². The van der Waals surface area contributed by atoms with Gasteiger partial charge in [-0.25, -0.2) is 0 Å². The highest BCUT2D eigenvalue weighted by molar-refractivity contribution is 6.19. The number of hydrogen-bond acceptors (Lipinski definition) is 1. The molecule has 0 bridgehead atoms. The molecule has 9 rings (SSSR count). The first kappa shape index (κ1) is 18.8. The Hall–Kier alpha value is -5.40. The van der Waals surface area contributed by atoms with E-state index in [2.05, 4.69) is 36.4 Å². The summed E-state index contributed by atoms with van der Waals surface area (Å²) < 4.78 is 42.9. The molecule has 0 saturated heterocycles. The highest BCUT2D eigenvalue weighted by Gasteiger charge is 2.14. The molecular weight excluding hydrogens is 496 g/mol. The van der Waals surface area contributed by atoms with Gasteiger partial charge in [0, 0.05) is 16.2 Å². The summed E-state index contributed by atoms with van der Waals surface area (Å²) in [6.45, 7) is 0. The maximum absolute atomic E-state index is 9.15. The SMILES string of the molecule is [2H]c1c([2H])c(-c2cccc3oc4c5ccccc5ccc4c23)c([2H])c([2H])c1-c1ccc2c(ccc3cc4ccccc4cc32)c1. The second kappa shape index (κ2) is 8.55. The monoisotopic (exact) mass is 524 g/mol. The van der Waals surface area contributed by atoms with Crippen molar-refractivity contribution in [1.29, 1.82) is 0 Å². The molecule has 0 spiro atoms. The van der Waals surface area contributed by atoms with Gasteiger partial charge in [0.2, 0.25) is 0 Å². The molecule has 0 N–H and O–H groups in total. The van der Waals surface area contributed by atoms with Gasteiger partial charge in [-0.1, -0.05) is 115 Å². The zero-order valence-electron chi connectivity index (χ0n) is 26.0. The van der Waals surface area contributed by atoms with Crippen LogP contribution in [0.5, 0.6) is 0 Å². The van der Waals surface area contributed by atoms with Crippen LogP contribution in [0.1, 0.15) is 5.48 Å². The Bertz CT molecular complexity index is 2680. The van der Waals surface area contributed by atoms with Gasteiger partial charge >= 0.3 is 0 Å². The second-order valence-corrected chi connectivity index (χ2v) is 10.6. The molecule has 1 heterocycles. The molecule has 1 heteroatoms. The summed E-state index contributed by atoms with van der Waals surface area (Å²) in [7, 11) is 0. The molecule has 0 radical (unpaired) electrons. The van der Waals surface area contributed by atoms with Crippen LogP contribution in [0.15, 0.2) is 150 Å². The molecule has 0 aliphatic carbocycles. The van der Waals surface area contributed by atoms with Crippen molar-refractivity contribution in [1.82, 2.24) is 0 Å². The largest absolute Gasteiger partial charge is 0.455 e. The maximum atomic E-state index is 9.15. The Labute approximate surface area is 242 Å². The summed E-state index contributed by atoms with van der Waals surface area (Å²) in [6, 6.07) is 40.3. The van der Waals surface area contributed by atoms with Gasteiger partial charge in [-0.15, -0.1) is 0 Å². The topological polar surface area (TPSA) is 13.1 Å². The average molecular weight is 525 g/mol. The molecule has 0 aliphatic rings. The fraction of sp³-hybridized carbons (Fsp3) is 0. The lowest BCUT2D eigenvalue weighted by molar-refractivity contribution is 0.673. The van der Waals surface area contributed by atoms with Gasteiger partial charge in [-0.2, -0.15) is 0 Å². The minimum Gasteiger partial charge on any atom is -0.455 e. The Morgan fingerprint density at radius 3 is 1.95 bits per heavy atom. The summed E-state index contributed by atoms with van der Waals surface area (Å²) in [4.78, 5) is 0. The van der Waals surface area contributed by atoms with Crippen molar-refractivity contribution < 1.29 is 9.90 Å². The molecule has 41 heavy (non-hydrogen) atoms. The predicted octanol–water partition coefficient (Wildman–Crippen LogP) is 11.5. The molecular formula is C40H24O. The first-order chi connectivity index (χ1) is 22.0. The summed E-state index contributed by atoms with van der Waals surface area (Å²) in [5.41, 5.74) is 3.25. The van der Waals surface area contributed by atoms with Gasteiger partial charge < -0.3 is 4.42 Å². The first-order valence-corrected chi connectivity index (χ1v) is 13.8. The van der Waals surface area contributed by atoms with Crippen molar-refractivity contribution in [3.63, 3.8) is 0 Å². The minimum absolute atomic E-state index is 0.0626. The van der Waals surface area contributed by atoms with Gasteiger partial charge in [0.15, 0.2) is 0 Å². The van der Waals surface area contributed by atoms with Crippen LogP contribution >= 0.6 is 0 Å². The highest BCUT2D eigenvalue weighted by Crippen LogP contribution is 2.40. The van der Waals surface area contributed by atoms with E-state index < -0.39 is 0 Å². The average Bonchev–Trinajstić information content (AvgIpc) is 3.47. The van der Waals surface area contributed by atoms with Crippen LogP contribution in [0, 0.1) is 0 Å². The lowest BCUT2D eigenvalue weighted by atomic mass is 9.94. The molecule has 190 valence electrons. The third kappa shape index (κ3) is 3.43. The van der Waals surface area contributed by atoms with E-state index >= 15 is 0 Å². The van der Waals surface area contributed by atoms with Crippen LogP contribution in [0.4, 0.5) is 0 Å². The number of hydrogen-bond donors (Lipinski definition) is 0. The fourth-order valence-electron chi connectivity index (χ4n) is 6.26. The lowest BCUT2D eigenvalue weighted by Crippen LogP contribution is -1.84. The van der Waals surface area contributed by atoms with Crippen molar-refractivity contribution in [3.8, 4) is 22.3 Å². The quantitative estimate of drug-likeness (QED) is 0.162. The highest BCUT2D eigenvalue weighted by atomic mass is 16.3. The molecule has 0 aliphatic heterocycles. The van der Waals surface area contributed by atoms with Crippen LogP contribution < -0.4 is 0 Å². The fourth-order valence-corrected chi connectivity index (χ4v) is 6.26. The number of fused-ring (bicyclic) bond motifs is 9. The van der Waals surface area contributed by atoms with E-state index in [1.807, 2.05) is 84.9 Å². The van der Waals surface area contributed by atoms with Gasteiger partial charge in [-0.05, 0) is 90.3 Å². The smallest absolute Gasteiger partial charge is 0.143 e. The Balaban J connectivity index is 1.24. The molecule has 0 atom stereocenters. The van der Waals surface area contributed by atoms with Crippen molar-refractivity contribution in [3.05, 3.63) is 145 Å². The van der Waals surface area contributed by atoms with Crippen LogP contribution in [0.25, 0.3) is 87.3 Å². The molecule has 9 aromatic rings. The summed E-state index contributed by atoms with van der Waals surface area (Å²) in [5, 5.41) is 10.4. The van der Waals surface area contributed by atoms with Crippen molar-refractivity contribution >= 4 is 65.0 Å². The van der Waals surface area contributed by atoms with E-state index in [4.69, 9.17) is 9.90 Å². The predicted molar refractivity (Wildman–Crippen MR) is 175 cm³/mol. The third-order valence-electron chi connectivity index (χ3n) is 8.27. The third-order valence-corrected chi connectivity index (χ3v) is 8.27. The standard InChI is InChI=1S/C40H24O/c1-2-8-29-24-37-32(22-28(29)7-1)17-16-31-23-30(19-20-33(31)37)25-12-14-27(15-13-25)34-10-5-11-38-39(34)36-21-18-26-6-3-4-9-35(26)40(36)41-38/h1-24H/i12D,13D,14D,15D. The Morgan fingerprint density at radius 2 is 1.10 bits per heavy atom. The summed E-state index contributed by atoms with van der Waals surface area (Å²) >= 11 is 0. The molecule has 8 aromatic carbocycles. The van der Waals surface area contributed by atoms with Crippen molar-refractivity contribution in [2.24, 2.45) is 0 Å². The van der Waals surface area contributed by atoms with E-state index in [0.29, 0.717) is 22.3 Å². The summed E-state index contributed by atoms with van der Waals surface area (Å²) in [6.07, 6.45) is 0. The number of benzene rings is 8. The first-order valence-electron chi connectivity index (χ1n) is 15.8. The lowest BCUT2D eigenvalue weighted by Gasteiger charge is -2.10. The zero-order chi connectivity index (χ0) is 30.4. The van der Waals surface area contributed by atoms with Gasteiger partial charge in [0.1, 0.15) is 11.2 Å². The van der Waals surface area contributed by atoms with Gasteiger partial charge in [0.25, 0.3) is 0 Å². The van der Waals surface area contributed by atoms with Crippen LogP contribution in [-0.4, -0.2) is 0 Å². The van der Waals surface area contributed by atoms with Crippen LogP contribution in [0.2, 0.25) is 0 Å². The summed E-state index contributed by atoms with van der Waals surface area (Å²) in [5.74, 6) is 0. The normalized spacial score (nSPS) is 13.3. The number of furan rings is 1. The molecule has 0 unspecified atom stereocenters. The second-order valence-electron chi connectivity index (χ2n) is 10.6. The molecule has 0 amide bonds. The van der Waals surface area contributed by atoms with E-state index in [0.717, 1.165) is 48.7 Å². The van der Waals surface area contributed by atoms with Crippen molar-refractivity contribution in [2.45, 2.75) is 0 Å². The minimum atomic E-state index is -0.0706. The molecule has 1 nitrogen and oxygen atoms in total. The van der Waals surface area contributed by atoms with Gasteiger partial charge in [0.05, 0.1) is 5.48 Å². The van der Waals surface area contributed by atoms with Gasteiger partial charge in [-0.3, -0.25) is 0 Å². The van der Waals surface area contributed by atoms with Crippen LogP contribution in [0.3, 0.4) is 0 Å². The molecule has 0 saturated carbocycles. The zero-order valence-corrected chi connectivity index (χ0v) is 22.0. The maximum Gasteiger partial charge on any atom is 0.143 e. The molecule has 1 aromatic heterocycles. The van der Waals surface area contributed by atoms with E-state index in [1.165, 1.54) is 10.8 Å². The Morgan fingerprint density at radius 1 is 0.415 bits per heavy atom. The Kier molecular flexibility index (Phi) is 3.92. The van der Waals surface area contributed by atoms with Crippen molar-refractivity contribution in [2.75, 3.05) is 0 Å². The number of rotatable bonds is 2. The van der Waals surface area contributed by atoms with E-state index in [-0.39, 0.29) is 29.7 Å². The van der Waals surface area contributed by atoms with E-state index in [1.54, 1.807) is 0 Å².